The molecule has 0 bridgehead atoms. The SMILES string of the molecule is CC(NC(=O)NC(CCC(=O)O)C(=O)O)C1CCCO1. The van der Waals surface area contributed by atoms with Crippen LogP contribution in [0.2, 0.25) is 0 Å². The van der Waals surface area contributed by atoms with Gasteiger partial charge in [-0.2, -0.15) is 0 Å². The van der Waals surface area contributed by atoms with Crippen molar-refractivity contribution >= 4 is 18.0 Å². The van der Waals surface area contributed by atoms with Gasteiger partial charge in [0.25, 0.3) is 0 Å². The van der Waals surface area contributed by atoms with E-state index in [0.29, 0.717) is 6.61 Å². The Balaban J connectivity index is 2.40. The number of ether oxygens (including phenoxy) is 1. The van der Waals surface area contributed by atoms with E-state index in [4.69, 9.17) is 14.9 Å². The van der Waals surface area contributed by atoms with E-state index in [1.807, 2.05) is 0 Å². The molecule has 0 aromatic rings. The van der Waals surface area contributed by atoms with Crippen LogP contribution in [0, 0.1) is 0 Å². The Bertz CT molecular complexity index is 367. The molecule has 1 aliphatic rings. The van der Waals surface area contributed by atoms with Crippen molar-refractivity contribution in [3.63, 3.8) is 0 Å². The van der Waals surface area contributed by atoms with E-state index in [-0.39, 0.29) is 25.0 Å². The number of carbonyl (C=O) groups is 3. The van der Waals surface area contributed by atoms with Gasteiger partial charge in [0.15, 0.2) is 0 Å². The molecule has 20 heavy (non-hydrogen) atoms. The van der Waals surface area contributed by atoms with Crippen molar-refractivity contribution in [2.45, 2.75) is 50.8 Å². The van der Waals surface area contributed by atoms with Crippen LogP contribution in [-0.4, -0.2) is 53.0 Å². The summed E-state index contributed by atoms with van der Waals surface area (Å²) in [7, 11) is 0. The summed E-state index contributed by atoms with van der Waals surface area (Å²) in [6, 6.07) is -2.08. The molecule has 0 aliphatic carbocycles. The van der Waals surface area contributed by atoms with Gasteiger partial charge in [-0.3, -0.25) is 4.79 Å². The maximum absolute atomic E-state index is 11.7. The van der Waals surface area contributed by atoms with Gasteiger partial charge >= 0.3 is 18.0 Å². The average molecular weight is 288 g/mol. The Hall–Kier alpha value is -1.83. The number of carbonyl (C=O) groups excluding carboxylic acids is 1. The molecule has 8 nitrogen and oxygen atoms in total. The highest BCUT2D eigenvalue weighted by molar-refractivity contribution is 5.83. The smallest absolute Gasteiger partial charge is 0.326 e. The number of hydrogen-bond donors (Lipinski definition) is 4. The molecule has 1 heterocycles. The molecule has 3 unspecified atom stereocenters. The summed E-state index contributed by atoms with van der Waals surface area (Å²) in [5.74, 6) is -2.36. The highest BCUT2D eigenvalue weighted by Crippen LogP contribution is 2.15. The van der Waals surface area contributed by atoms with E-state index in [9.17, 15) is 14.4 Å². The number of amides is 2. The van der Waals surface area contributed by atoms with Crippen LogP contribution in [0.1, 0.15) is 32.6 Å². The summed E-state index contributed by atoms with van der Waals surface area (Å²) in [4.78, 5) is 33.0. The minimum atomic E-state index is -1.26. The minimum absolute atomic E-state index is 0.0666. The Morgan fingerprint density at radius 1 is 1.30 bits per heavy atom. The fourth-order valence-corrected chi connectivity index (χ4v) is 2.02. The van der Waals surface area contributed by atoms with Crippen LogP contribution < -0.4 is 10.6 Å². The first-order chi connectivity index (χ1) is 9.40. The molecule has 3 atom stereocenters. The van der Waals surface area contributed by atoms with E-state index in [0.717, 1.165) is 12.8 Å². The van der Waals surface area contributed by atoms with E-state index in [2.05, 4.69) is 10.6 Å². The standard InChI is InChI=1S/C12H20N2O6/c1-7(9-3-2-6-20-9)13-12(19)14-8(11(17)18)4-5-10(15)16/h7-9H,2-6H2,1H3,(H,15,16)(H,17,18)(H2,13,14,19). The fourth-order valence-electron chi connectivity index (χ4n) is 2.02. The zero-order valence-corrected chi connectivity index (χ0v) is 11.3. The van der Waals surface area contributed by atoms with Crippen molar-refractivity contribution in [3.05, 3.63) is 0 Å². The van der Waals surface area contributed by atoms with Gasteiger partial charge in [-0.15, -0.1) is 0 Å². The largest absolute Gasteiger partial charge is 0.481 e. The molecule has 8 heteroatoms. The maximum Gasteiger partial charge on any atom is 0.326 e. The second-order valence-electron chi connectivity index (χ2n) is 4.78. The first-order valence-electron chi connectivity index (χ1n) is 6.53. The second kappa shape index (κ2) is 7.68. The molecule has 0 saturated carbocycles. The van der Waals surface area contributed by atoms with Crippen molar-refractivity contribution in [3.8, 4) is 0 Å². The van der Waals surface area contributed by atoms with Gasteiger partial charge in [-0.05, 0) is 26.2 Å². The highest BCUT2D eigenvalue weighted by atomic mass is 16.5. The molecule has 114 valence electrons. The molecule has 2 amide bonds. The number of rotatable bonds is 7. The first kappa shape index (κ1) is 16.2. The number of carboxylic acid groups (broad SMARTS) is 2. The second-order valence-corrected chi connectivity index (χ2v) is 4.78. The van der Waals surface area contributed by atoms with Crippen LogP contribution in [0.5, 0.6) is 0 Å². The monoisotopic (exact) mass is 288 g/mol. The summed E-state index contributed by atoms with van der Waals surface area (Å²) in [5.41, 5.74) is 0. The van der Waals surface area contributed by atoms with Gasteiger partial charge in [0.05, 0.1) is 12.1 Å². The van der Waals surface area contributed by atoms with Crippen molar-refractivity contribution in [2.24, 2.45) is 0 Å². The molecule has 0 aromatic heterocycles. The lowest BCUT2D eigenvalue weighted by Gasteiger charge is -2.21. The van der Waals surface area contributed by atoms with Crippen molar-refractivity contribution in [1.29, 1.82) is 0 Å². The number of nitrogens with one attached hydrogen (secondary N) is 2. The van der Waals surface area contributed by atoms with Gasteiger partial charge in [0.2, 0.25) is 0 Å². The zero-order valence-electron chi connectivity index (χ0n) is 11.3. The predicted molar refractivity (Wildman–Crippen MR) is 68.4 cm³/mol. The van der Waals surface area contributed by atoms with Gasteiger partial charge in [-0.25, -0.2) is 9.59 Å². The van der Waals surface area contributed by atoms with Crippen LogP contribution >= 0.6 is 0 Å². The molecule has 0 aromatic carbocycles. The molecular weight excluding hydrogens is 268 g/mol. The molecule has 1 fully saturated rings. The first-order valence-corrected chi connectivity index (χ1v) is 6.53. The highest BCUT2D eigenvalue weighted by Gasteiger charge is 2.26. The predicted octanol–water partition coefficient (Wildman–Crippen LogP) is 0.171. The van der Waals surface area contributed by atoms with Gasteiger partial charge in [0, 0.05) is 13.0 Å². The normalized spacial score (nSPS) is 20.9. The van der Waals surface area contributed by atoms with Crippen LogP contribution in [0.3, 0.4) is 0 Å². The number of carboxylic acids is 2. The average Bonchev–Trinajstić information content (AvgIpc) is 2.87. The minimum Gasteiger partial charge on any atom is -0.481 e. The summed E-state index contributed by atoms with van der Waals surface area (Å²) in [5, 5.41) is 22.3. The Morgan fingerprint density at radius 2 is 2.00 bits per heavy atom. The van der Waals surface area contributed by atoms with Crippen LogP contribution in [0.25, 0.3) is 0 Å². The van der Waals surface area contributed by atoms with Crippen LogP contribution in [-0.2, 0) is 14.3 Å². The van der Waals surface area contributed by atoms with Crippen molar-refractivity contribution in [2.75, 3.05) is 6.61 Å². The number of urea groups is 1. The van der Waals surface area contributed by atoms with Crippen molar-refractivity contribution < 1.29 is 29.3 Å². The molecule has 4 N–H and O–H groups in total. The zero-order chi connectivity index (χ0) is 15.1. The summed E-state index contributed by atoms with van der Waals surface area (Å²) in [6.45, 7) is 2.44. The lowest BCUT2D eigenvalue weighted by molar-refractivity contribution is -0.140. The van der Waals surface area contributed by atoms with E-state index >= 15 is 0 Å². The van der Waals surface area contributed by atoms with Gasteiger partial charge in [0.1, 0.15) is 6.04 Å². The molecule has 0 spiro atoms. The third kappa shape index (κ3) is 5.43. The van der Waals surface area contributed by atoms with E-state index in [1.165, 1.54) is 0 Å². The lowest BCUT2D eigenvalue weighted by atomic mass is 10.1. The van der Waals surface area contributed by atoms with Crippen LogP contribution in [0.15, 0.2) is 0 Å². The molecule has 1 aliphatic heterocycles. The maximum atomic E-state index is 11.7. The lowest BCUT2D eigenvalue weighted by Crippen LogP contribution is -2.51. The fraction of sp³-hybridized carbons (Fsp3) is 0.750. The molecule has 1 saturated heterocycles. The molecular formula is C12H20N2O6. The summed E-state index contributed by atoms with van der Waals surface area (Å²) in [6.07, 6.45) is 1.24. The Labute approximate surface area is 116 Å². The quantitative estimate of drug-likeness (QED) is 0.529. The third-order valence-corrected chi connectivity index (χ3v) is 3.13. The van der Waals surface area contributed by atoms with Gasteiger partial charge < -0.3 is 25.6 Å². The molecule has 1 rings (SSSR count). The summed E-state index contributed by atoms with van der Waals surface area (Å²) < 4.78 is 5.41. The van der Waals surface area contributed by atoms with E-state index in [1.54, 1.807) is 6.92 Å². The Kier molecular flexibility index (Phi) is 6.23. The van der Waals surface area contributed by atoms with Crippen LogP contribution in [0.4, 0.5) is 4.79 Å². The summed E-state index contributed by atoms with van der Waals surface area (Å²) >= 11 is 0. The number of hydrogen-bond acceptors (Lipinski definition) is 4. The third-order valence-electron chi connectivity index (χ3n) is 3.13. The molecule has 0 radical (unpaired) electrons. The topological polar surface area (TPSA) is 125 Å². The van der Waals surface area contributed by atoms with Crippen molar-refractivity contribution in [1.82, 2.24) is 10.6 Å². The Morgan fingerprint density at radius 3 is 2.50 bits per heavy atom. The van der Waals surface area contributed by atoms with Gasteiger partial charge in [-0.1, -0.05) is 0 Å². The number of aliphatic carboxylic acids is 2. The van der Waals surface area contributed by atoms with E-state index < -0.39 is 24.0 Å².